The van der Waals surface area contributed by atoms with Gasteiger partial charge < -0.3 is 4.57 Å². The van der Waals surface area contributed by atoms with Gasteiger partial charge in [-0.2, -0.15) is 0 Å². The quantitative estimate of drug-likeness (QED) is 0.278. The Balaban J connectivity index is 1.50. The van der Waals surface area contributed by atoms with Crippen LogP contribution in [-0.2, 0) is 19.4 Å². The van der Waals surface area contributed by atoms with E-state index in [1.54, 1.807) is 0 Å². The van der Waals surface area contributed by atoms with E-state index in [2.05, 4.69) is 65.1 Å². The Labute approximate surface area is 222 Å². The first-order chi connectivity index (χ1) is 18.5. The number of H-pyrrole nitrogens is 1. The molecular weight excluding hydrogens is 476 g/mol. The molecule has 1 aromatic carbocycles. The van der Waals surface area contributed by atoms with Crippen LogP contribution in [0.5, 0.6) is 0 Å². The molecule has 9 heteroatoms. The number of nitrogens with one attached hydrogen (secondary N) is 1. The average molecular weight is 511 g/mol. The maximum Gasteiger partial charge on any atom is 0.334 e. The van der Waals surface area contributed by atoms with Crippen LogP contribution in [0, 0.1) is 0 Å². The summed E-state index contributed by atoms with van der Waals surface area (Å²) in [5.41, 5.74) is 5.85. The first-order valence-electron chi connectivity index (χ1n) is 13.3. The zero-order chi connectivity index (χ0) is 26.6. The van der Waals surface area contributed by atoms with Crippen molar-refractivity contribution in [3.8, 4) is 28.3 Å². The number of pyridine rings is 1. The fourth-order valence-corrected chi connectivity index (χ4v) is 4.91. The van der Waals surface area contributed by atoms with Crippen LogP contribution in [0.15, 0.2) is 65.8 Å². The van der Waals surface area contributed by atoms with Crippen molar-refractivity contribution < 1.29 is 0 Å². The summed E-state index contributed by atoms with van der Waals surface area (Å²) >= 11 is 0. The van der Waals surface area contributed by atoms with Gasteiger partial charge >= 0.3 is 5.69 Å². The molecule has 0 saturated heterocycles. The van der Waals surface area contributed by atoms with Crippen molar-refractivity contribution in [2.45, 2.75) is 66.0 Å². The van der Waals surface area contributed by atoms with Gasteiger partial charge in [0.2, 0.25) is 0 Å². The third kappa shape index (κ3) is 4.83. The molecule has 0 aliphatic heterocycles. The van der Waals surface area contributed by atoms with Crippen LogP contribution in [-0.4, -0.2) is 39.3 Å². The van der Waals surface area contributed by atoms with Crippen molar-refractivity contribution in [1.82, 2.24) is 39.3 Å². The van der Waals surface area contributed by atoms with Crippen molar-refractivity contribution in [1.29, 1.82) is 0 Å². The molecule has 0 aliphatic carbocycles. The number of hydrogen-bond donors (Lipinski definition) is 1. The number of aromatic nitrogens is 8. The molecule has 9 nitrogen and oxygen atoms in total. The largest absolute Gasteiger partial charge is 0.334 e. The lowest BCUT2D eigenvalue weighted by molar-refractivity contribution is 0.581. The fourth-order valence-electron chi connectivity index (χ4n) is 4.91. The Morgan fingerprint density at radius 2 is 1.84 bits per heavy atom. The number of imidazole rings is 1. The second-order valence-corrected chi connectivity index (χ2v) is 9.82. The van der Waals surface area contributed by atoms with Crippen molar-refractivity contribution in [2.24, 2.45) is 0 Å². The van der Waals surface area contributed by atoms with Crippen LogP contribution in [0.1, 0.15) is 63.5 Å². The number of hydrogen-bond acceptors (Lipinski definition) is 5. The van der Waals surface area contributed by atoms with E-state index in [1.807, 2.05) is 57.9 Å². The highest BCUT2D eigenvalue weighted by atomic mass is 16.1. The minimum absolute atomic E-state index is 0.0274. The van der Waals surface area contributed by atoms with Crippen LogP contribution in [0.25, 0.3) is 28.3 Å². The number of aromatic amines is 1. The van der Waals surface area contributed by atoms with Gasteiger partial charge in [0.05, 0.1) is 12.2 Å². The molecule has 0 fully saturated rings. The molecular formula is C29H34N8O. The Morgan fingerprint density at radius 3 is 2.50 bits per heavy atom. The highest BCUT2D eigenvalue weighted by Crippen LogP contribution is 2.29. The Bertz CT molecular complexity index is 1560. The maximum absolute atomic E-state index is 13.8. The molecule has 0 atom stereocenters. The second-order valence-electron chi connectivity index (χ2n) is 9.82. The highest BCUT2D eigenvalue weighted by molar-refractivity contribution is 5.79. The molecule has 38 heavy (non-hydrogen) atoms. The molecule has 5 aromatic rings. The summed E-state index contributed by atoms with van der Waals surface area (Å²) in [7, 11) is 0. The molecule has 4 heterocycles. The summed E-state index contributed by atoms with van der Waals surface area (Å²) in [6, 6.07) is 14.3. The molecule has 0 saturated carbocycles. The smallest absolute Gasteiger partial charge is 0.331 e. The monoisotopic (exact) mass is 510 g/mol. The molecule has 0 amide bonds. The average Bonchev–Trinajstić information content (AvgIpc) is 3.68. The van der Waals surface area contributed by atoms with Gasteiger partial charge in [-0.1, -0.05) is 50.6 Å². The van der Waals surface area contributed by atoms with Gasteiger partial charge in [0.15, 0.2) is 5.82 Å². The van der Waals surface area contributed by atoms with Crippen LogP contribution in [0.2, 0.25) is 0 Å². The molecule has 0 radical (unpaired) electrons. The molecule has 0 spiro atoms. The zero-order valence-electron chi connectivity index (χ0n) is 22.4. The summed E-state index contributed by atoms with van der Waals surface area (Å²) in [6.45, 7) is 9.01. The maximum atomic E-state index is 13.8. The van der Waals surface area contributed by atoms with E-state index in [1.165, 1.54) is 5.56 Å². The summed E-state index contributed by atoms with van der Waals surface area (Å²) in [6.07, 6.45) is 9.77. The third-order valence-corrected chi connectivity index (χ3v) is 6.97. The third-order valence-electron chi connectivity index (χ3n) is 6.97. The molecule has 1 N–H and O–H groups in total. The SMILES string of the molecule is CCCCc1cn(-c2c(CC)ccn2C(C)C)c(=O)n1Cc1ccc(-c2ccccc2-c2nnn[nH]2)cn1. The van der Waals surface area contributed by atoms with Crippen molar-refractivity contribution in [2.75, 3.05) is 0 Å². The number of tetrazole rings is 1. The van der Waals surface area contributed by atoms with Crippen molar-refractivity contribution in [3.05, 3.63) is 88.5 Å². The first-order valence-corrected chi connectivity index (χ1v) is 13.3. The minimum Gasteiger partial charge on any atom is -0.331 e. The van der Waals surface area contributed by atoms with Gasteiger partial charge in [0.25, 0.3) is 0 Å². The highest BCUT2D eigenvalue weighted by Gasteiger charge is 2.19. The summed E-state index contributed by atoms with van der Waals surface area (Å²) < 4.78 is 5.89. The number of rotatable bonds is 10. The Morgan fingerprint density at radius 1 is 1.03 bits per heavy atom. The molecule has 196 valence electrons. The van der Waals surface area contributed by atoms with E-state index in [4.69, 9.17) is 4.98 Å². The standard InChI is InChI=1S/C29H34N8O/c1-5-7-10-24-19-37(28-21(6-2)15-16-35(28)20(3)4)29(38)36(24)18-23-14-13-22(17-30-23)25-11-8-9-12-26(25)27-31-33-34-32-27/h8-9,11-17,19-20H,5-7,10,18H2,1-4H3,(H,31,32,33,34). The Kier molecular flexibility index (Phi) is 7.35. The van der Waals surface area contributed by atoms with E-state index in [0.717, 1.165) is 59.6 Å². The topological polar surface area (TPSA) is 99.2 Å². The number of nitrogens with zero attached hydrogens (tertiary/aromatic N) is 7. The lowest BCUT2D eigenvalue weighted by Gasteiger charge is -2.14. The van der Waals surface area contributed by atoms with Crippen LogP contribution >= 0.6 is 0 Å². The lowest BCUT2D eigenvalue weighted by Crippen LogP contribution is -2.27. The summed E-state index contributed by atoms with van der Waals surface area (Å²) in [4.78, 5) is 18.6. The predicted octanol–water partition coefficient (Wildman–Crippen LogP) is 5.22. The number of unbranched alkanes of at least 4 members (excludes halogenated alkanes) is 1. The van der Waals surface area contributed by atoms with E-state index >= 15 is 0 Å². The van der Waals surface area contributed by atoms with E-state index in [9.17, 15) is 4.79 Å². The van der Waals surface area contributed by atoms with Gasteiger partial charge in [-0.05, 0) is 66.8 Å². The second kappa shape index (κ2) is 11.0. The van der Waals surface area contributed by atoms with Gasteiger partial charge in [0.1, 0.15) is 5.82 Å². The van der Waals surface area contributed by atoms with Crippen LogP contribution in [0.4, 0.5) is 0 Å². The lowest BCUT2D eigenvalue weighted by atomic mass is 10.0. The van der Waals surface area contributed by atoms with Gasteiger partial charge in [0, 0.05) is 41.5 Å². The molecule has 4 aromatic heterocycles. The summed E-state index contributed by atoms with van der Waals surface area (Å²) in [5.74, 6) is 1.57. The Hall–Kier alpha value is -4.27. The summed E-state index contributed by atoms with van der Waals surface area (Å²) in [5, 5.41) is 14.3. The molecule has 5 rings (SSSR count). The van der Waals surface area contributed by atoms with Gasteiger partial charge in [-0.3, -0.25) is 14.1 Å². The van der Waals surface area contributed by atoms with Crippen molar-refractivity contribution in [3.63, 3.8) is 0 Å². The number of aryl methyl sites for hydroxylation is 2. The fraction of sp³-hybridized carbons (Fsp3) is 0.345. The van der Waals surface area contributed by atoms with E-state index < -0.39 is 0 Å². The van der Waals surface area contributed by atoms with E-state index in [-0.39, 0.29) is 11.7 Å². The van der Waals surface area contributed by atoms with Gasteiger partial charge in [-0.25, -0.2) is 9.89 Å². The molecule has 0 aliphatic rings. The predicted molar refractivity (Wildman–Crippen MR) is 148 cm³/mol. The number of benzene rings is 1. The molecule has 0 unspecified atom stereocenters. The van der Waals surface area contributed by atoms with E-state index in [0.29, 0.717) is 12.4 Å². The van der Waals surface area contributed by atoms with Crippen LogP contribution in [0.3, 0.4) is 0 Å². The first kappa shape index (κ1) is 25.4. The minimum atomic E-state index is -0.0274. The van der Waals surface area contributed by atoms with Gasteiger partial charge in [-0.15, -0.1) is 5.10 Å². The van der Waals surface area contributed by atoms with Crippen molar-refractivity contribution >= 4 is 0 Å². The molecule has 0 bridgehead atoms. The van der Waals surface area contributed by atoms with Crippen LogP contribution < -0.4 is 5.69 Å². The normalized spacial score (nSPS) is 11.5. The zero-order valence-corrected chi connectivity index (χ0v) is 22.4.